The topological polar surface area (TPSA) is 59.3 Å². The van der Waals surface area contributed by atoms with Crippen LogP contribution >= 0.6 is 0 Å². The van der Waals surface area contributed by atoms with Gasteiger partial charge in [0.15, 0.2) is 6.29 Å². The van der Waals surface area contributed by atoms with Crippen molar-refractivity contribution in [1.29, 1.82) is 0 Å². The van der Waals surface area contributed by atoms with Gasteiger partial charge >= 0.3 is 5.97 Å². The normalized spacial score (nSPS) is 15.1. The molecule has 0 aliphatic heterocycles. The van der Waals surface area contributed by atoms with Gasteiger partial charge in [0, 0.05) is 16.9 Å². The fraction of sp³-hybridized carbons (Fsp3) is 0.231. The van der Waals surface area contributed by atoms with Crippen LogP contribution < -0.4 is 0 Å². The number of fused-ring (bicyclic) bond motifs is 1. The van der Waals surface area contributed by atoms with E-state index in [1.807, 2.05) is 10.6 Å². The van der Waals surface area contributed by atoms with E-state index in [1.165, 1.54) is 0 Å². The zero-order valence-electron chi connectivity index (χ0n) is 9.09. The van der Waals surface area contributed by atoms with Crippen LogP contribution in [-0.4, -0.2) is 21.9 Å². The molecule has 0 spiro atoms. The molecule has 1 aromatic carbocycles. The molecule has 3 rings (SSSR count). The lowest BCUT2D eigenvalue weighted by Crippen LogP contribution is -2.00. The Hall–Kier alpha value is -2.10. The molecule has 0 saturated heterocycles. The number of carboxylic acid groups (broad SMARTS) is 1. The smallest absolute Gasteiger partial charge is 0.335 e. The van der Waals surface area contributed by atoms with E-state index in [1.54, 1.807) is 18.2 Å². The Balaban J connectivity index is 2.28. The number of carbonyl (C=O) groups excluding carboxylic acids is 1. The van der Waals surface area contributed by atoms with Crippen LogP contribution in [0.4, 0.5) is 0 Å². The highest BCUT2D eigenvalue weighted by Gasteiger charge is 2.27. The number of aldehydes is 1. The van der Waals surface area contributed by atoms with E-state index in [2.05, 4.69) is 0 Å². The summed E-state index contributed by atoms with van der Waals surface area (Å²) in [6.45, 7) is 0. The van der Waals surface area contributed by atoms with Crippen LogP contribution in [0.25, 0.3) is 10.9 Å². The van der Waals surface area contributed by atoms with E-state index in [-0.39, 0.29) is 5.56 Å². The van der Waals surface area contributed by atoms with Crippen molar-refractivity contribution in [2.45, 2.75) is 18.9 Å². The second kappa shape index (κ2) is 3.45. The van der Waals surface area contributed by atoms with Gasteiger partial charge in [0.05, 0.1) is 11.3 Å². The van der Waals surface area contributed by atoms with Gasteiger partial charge in [0.1, 0.15) is 0 Å². The minimum atomic E-state index is -0.942. The molecule has 1 fully saturated rings. The molecule has 1 aliphatic carbocycles. The maximum atomic E-state index is 11.0. The lowest BCUT2D eigenvalue weighted by Gasteiger charge is -2.05. The first kappa shape index (κ1) is 10.1. The van der Waals surface area contributed by atoms with Crippen LogP contribution in [-0.2, 0) is 0 Å². The number of nitrogens with zero attached hydrogens (tertiary/aromatic N) is 1. The van der Waals surface area contributed by atoms with E-state index in [9.17, 15) is 9.59 Å². The van der Waals surface area contributed by atoms with Crippen molar-refractivity contribution in [1.82, 2.24) is 4.57 Å². The van der Waals surface area contributed by atoms with Gasteiger partial charge in [0.25, 0.3) is 0 Å². The third kappa shape index (κ3) is 1.53. The van der Waals surface area contributed by atoms with Crippen molar-refractivity contribution >= 4 is 23.2 Å². The number of hydrogen-bond donors (Lipinski definition) is 1. The van der Waals surface area contributed by atoms with E-state index in [0.29, 0.717) is 11.7 Å². The molecule has 1 aliphatic rings. The average Bonchev–Trinajstić information content (AvgIpc) is 3.08. The number of carbonyl (C=O) groups is 2. The summed E-state index contributed by atoms with van der Waals surface area (Å²) in [6, 6.07) is 7.13. The maximum Gasteiger partial charge on any atom is 0.335 e. The standard InChI is InChI=1S/C13H11NO3/c15-7-11-5-8-1-2-9(13(16)17)6-12(8)14(11)10-3-4-10/h1-2,5-7,10H,3-4H2,(H,16,17). The van der Waals surface area contributed by atoms with Gasteiger partial charge in [-0.1, -0.05) is 6.07 Å². The monoisotopic (exact) mass is 229 g/mol. The average molecular weight is 229 g/mol. The first-order valence-electron chi connectivity index (χ1n) is 5.54. The summed E-state index contributed by atoms with van der Waals surface area (Å²) < 4.78 is 1.95. The summed E-state index contributed by atoms with van der Waals surface area (Å²) in [5, 5.41) is 9.89. The van der Waals surface area contributed by atoms with Crippen molar-refractivity contribution in [2.75, 3.05) is 0 Å². The lowest BCUT2D eigenvalue weighted by atomic mass is 10.1. The Morgan fingerprint density at radius 3 is 2.71 bits per heavy atom. The highest BCUT2D eigenvalue weighted by Crippen LogP contribution is 2.39. The molecular formula is C13H11NO3. The predicted octanol–water partition coefficient (Wildman–Crippen LogP) is 2.49. The minimum absolute atomic E-state index is 0.259. The first-order chi connectivity index (χ1) is 8.20. The number of benzene rings is 1. The second-order valence-corrected chi connectivity index (χ2v) is 4.37. The van der Waals surface area contributed by atoms with Crippen molar-refractivity contribution in [3.8, 4) is 0 Å². The Morgan fingerprint density at radius 1 is 1.35 bits per heavy atom. The number of aromatic nitrogens is 1. The highest BCUT2D eigenvalue weighted by atomic mass is 16.4. The van der Waals surface area contributed by atoms with Crippen LogP contribution in [0, 0.1) is 0 Å². The van der Waals surface area contributed by atoms with Crippen LogP contribution in [0.15, 0.2) is 24.3 Å². The molecule has 4 nitrogen and oxygen atoms in total. The molecule has 0 radical (unpaired) electrons. The lowest BCUT2D eigenvalue weighted by molar-refractivity contribution is 0.0697. The molecule has 86 valence electrons. The van der Waals surface area contributed by atoms with Gasteiger partial charge in [-0.25, -0.2) is 4.79 Å². The van der Waals surface area contributed by atoms with Gasteiger partial charge in [-0.05, 0) is 31.0 Å². The maximum absolute atomic E-state index is 11.0. The second-order valence-electron chi connectivity index (χ2n) is 4.37. The number of aromatic carboxylic acids is 1. The SMILES string of the molecule is O=Cc1cc2ccc(C(=O)O)cc2n1C1CC1. The molecule has 1 N–H and O–H groups in total. The zero-order valence-corrected chi connectivity index (χ0v) is 9.09. The summed E-state index contributed by atoms with van der Waals surface area (Å²) in [5.41, 5.74) is 1.73. The molecule has 4 heteroatoms. The Kier molecular flexibility index (Phi) is 2.04. The van der Waals surface area contributed by atoms with E-state index in [4.69, 9.17) is 5.11 Å². The van der Waals surface area contributed by atoms with Gasteiger partial charge in [0.2, 0.25) is 0 Å². The molecule has 0 unspecified atom stereocenters. The van der Waals surface area contributed by atoms with E-state index >= 15 is 0 Å². The molecule has 2 aromatic rings. The van der Waals surface area contributed by atoms with Crippen molar-refractivity contribution in [3.05, 3.63) is 35.5 Å². The molecule has 1 heterocycles. The van der Waals surface area contributed by atoms with E-state index in [0.717, 1.165) is 30.0 Å². The number of carboxylic acids is 1. The van der Waals surface area contributed by atoms with Crippen LogP contribution in [0.2, 0.25) is 0 Å². The third-order valence-corrected chi connectivity index (χ3v) is 3.15. The third-order valence-electron chi connectivity index (χ3n) is 3.15. The number of hydrogen-bond acceptors (Lipinski definition) is 2. The molecular weight excluding hydrogens is 218 g/mol. The van der Waals surface area contributed by atoms with Crippen molar-refractivity contribution < 1.29 is 14.7 Å². The van der Waals surface area contributed by atoms with Gasteiger partial charge in [-0.2, -0.15) is 0 Å². The Morgan fingerprint density at radius 2 is 2.12 bits per heavy atom. The molecule has 17 heavy (non-hydrogen) atoms. The Labute approximate surface area is 97.5 Å². The van der Waals surface area contributed by atoms with Gasteiger partial charge < -0.3 is 9.67 Å². The van der Waals surface area contributed by atoms with Crippen molar-refractivity contribution in [3.63, 3.8) is 0 Å². The zero-order chi connectivity index (χ0) is 12.0. The largest absolute Gasteiger partial charge is 0.478 e. The van der Waals surface area contributed by atoms with E-state index < -0.39 is 5.97 Å². The fourth-order valence-electron chi connectivity index (χ4n) is 2.21. The Bertz CT molecular complexity index is 623. The summed E-state index contributed by atoms with van der Waals surface area (Å²) in [6.07, 6.45) is 2.95. The molecule has 0 atom stereocenters. The van der Waals surface area contributed by atoms with Crippen LogP contribution in [0.5, 0.6) is 0 Å². The summed E-state index contributed by atoms with van der Waals surface area (Å²) in [5.74, 6) is -0.942. The first-order valence-corrected chi connectivity index (χ1v) is 5.54. The summed E-state index contributed by atoms with van der Waals surface area (Å²) >= 11 is 0. The van der Waals surface area contributed by atoms with Crippen LogP contribution in [0.3, 0.4) is 0 Å². The molecule has 0 amide bonds. The quantitative estimate of drug-likeness (QED) is 0.822. The minimum Gasteiger partial charge on any atom is -0.478 e. The fourth-order valence-corrected chi connectivity index (χ4v) is 2.21. The molecule has 1 saturated carbocycles. The molecule has 0 bridgehead atoms. The summed E-state index contributed by atoms with van der Waals surface area (Å²) in [4.78, 5) is 21.9. The highest BCUT2D eigenvalue weighted by molar-refractivity contribution is 5.96. The number of rotatable bonds is 3. The van der Waals surface area contributed by atoms with Gasteiger partial charge in [-0.3, -0.25) is 4.79 Å². The summed E-state index contributed by atoms with van der Waals surface area (Å²) in [7, 11) is 0. The van der Waals surface area contributed by atoms with Crippen LogP contribution in [0.1, 0.15) is 39.7 Å². The molecule has 1 aromatic heterocycles. The van der Waals surface area contributed by atoms with Gasteiger partial charge in [-0.15, -0.1) is 0 Å². The van der Waals surface area contributed by atoms with Crippen molar-refractivity contribution in [2.24, 2.45) is 0 Å². The predicted molar refractivity (Wildman–Crippen MR) is 62.6 cm³/mol.